The molecule has 0 unspecified atom stereocenters. The third kappa shape index (κ3) is 7.44. The van der Waals surface area contributed by atoms with Crippen molar-refractivity contribution in [2.75, 3.05) is 22.9 Å². The van der Waals surface area contributed by atoms with Crippen molar-refractivity contribution < 1.29 is 31.1 Å². The van der Waals surface area contributed by atoms with Crippen LogP contribution in [0.25, 0.3) is 0 Å². The number of halogens is 6. The van der Waals surface area contributed by atoms with Gasteiger partial charge in [0.25, 0.3) is 5.95 Å². The van der Waals surface area contributed by atoms with E-state index in [-0.39, 0.29) is 35.8 Å². The van der Waals surface area contributed by atoms with Crippen molar-refractivity contribution in [2.45, 2.75) is 84.2 Å². The van der Waals surface area contributed by atoms with Crippen LogP contribution in [0.15, 0.2) is 30.3 Å². The second kappa shape index (κ2) is 12.6. The van der Waals surface area contributed by atoms with Gasteiger partial charge in [-0.15, -0.1) is 5.10 Å². The molecule has 1 aliphatic heterocycles. The number of alkyl halides is 6. The topological polar surface area (TPSA) is 67.2 Å². The van der Waals surface area contributed by atoms with Crippen molar-refractivity contribution in [3.05, 3.63) is 63.7 Å². The number of hydrogen-bond donors (Lipinski definition) is 0. The van der Waals surface area contributed by atoms with Gasteiger partial charge in [0.05, 0.1) is 24.2 Å². The second-order valence-corrected chi connectivity index (χ2v) is 12.6. The summed E-state index contributed by atoms with van der Waals surface area (Å²) in [6.45, 7) is 6.91. The van der Waals surface area contributed by atoms with Crippen molar-refractivity contribution in [1.82, 2.24) is 20.2 Å². The summed E-state index contributed by atoms with van der Waals surface area (Å²) in [5.41, 5.74) is 1.10. The maximum absolute atomic E-state index is 13.7. The number of aromatic nitrogens is 4. The number of ketones is 1. The van der Waals surface area contributed by atoms with Gasteiger partial charge in [0, 0.05) is 31.2 Å². The van der Waals surface area contributed by atoms with Crippen LogP contribution in [-0.4, -0.2) is 39.1 Å². The fraction of sp³-hybridized carbons (Fsp3) is 0.562. The molecule has 1 fully saturated rings. The fourth-order valence-electron chi connectivity index (χ4n) is 7.01. The van der Waals surface area contributed by atoms with Crippen molar-refractivity contribution in [2.24, 2.45) is 18.9 Å². The zero-order valence-electron chi connectivity index (χ0n) is 25.8. The normalized spacial score (nSPS) is 20.9. The summed E-state index contributed by atoms with van der Waals surface area (Å²) in [6, 6.07) is 5.38. The van der Waals surface area contributed by atoms with Crippen LogP contribution in [0, 0.1) is 25.7 Å². The number of anilines is 2. The molecule has 13 heteroatoms. The average molecular weight is 637 g/mol. The second-order valence-electron chi connectivity index (χ2n) is 12.6. The number of Topliss-reactive ketones (excluding diaryl/α,β-unsaturated/α-hetero) is 1. The molecule has 2 aliphatic rings. The molecule has 0 spiro atoms. The molecule has 1 atom stereocenters. The van der Waals surface area contributed by atoms with E-state index < -0.39 is 29.5 Å². The monoisotopic (exact) mass is 636 g/mol. The van der Waals surface area contributed by atoms with Crippen LogP contribution >= 0.6 is 0 Å². The molecule has 1 saturated carbocycles. The first-order valence-corrected chi connectivity index (χ1v) is 15.3. The van der Waals surface area contributed by atoms with Crippen LogP contribution in [0.3, 0.4) is 0 Å². The first-order chi connectivity index (χ1) is 21.1. The molecule has 2 aromatic carbocycles. The molecule has 2 heterocycles. The molecule has 3 aromatic rings. The van der Waals surface area contributed by atoms with Crippen LogP contribution in [0.2, 0.25) is 0 Å². The Balaban J connectivity index is 1.55. The molecule has 0 radical (unpaired) electrons. The van der Waals surface area contributed by atoms with Gasteiger partial charge in [-0.25, -0.2) is 0 Å². The van der Waals surface area contributed by atoms with Gasteiger partial charge >= 0.3 is 12.4 Å². The fourth-order valence-corrected chi connectivity index (χ4v) is 7.01. The van der Waals surface area contributed by atoms with E-state index in [1.165, 1.54) is 4.80 Å². The number of carbonyl (C=O) groups excluding carboxylic acids is 1. The lowest BCUT2D eigenvalue weighted by molar-refractivity contribution is -0.143. The maximum Gasteiger partial charge on any atom is 0.416 e. The summed E-state index contributed by atoms with van der Waals surface area (Å²) >= 11 is 0. The lowest BCUT2D eigenvalue weighted by Crippen LogP contribution is -2.34. The van der Waals surface area contributed by atoms with E-state index in [2.05, 4.69) is 32.4 Å². The third-order valence-corrected chi connectivity index (χ3v) is 9.09. The van der Waals surface area contributed by atoms with E-state index in [4.69, 9.17) is 0 Å². The molecule has 7 nitrogen and oxygen atoms in total. The van der Waals surface area contributed by atoms with Gasteiger partial charge < -0.3 is 9.80 Å². The lowest BCUT2D eigenvalue weighted by Gasteiger charge is -2.36. The SMILES string of the molecule is CC(=O)C1CCC(CN2CCC[C@H](N(Cc3cc(C(F)(F)F)cc(C(F)(F)F)c3)c3nnn(C)n3)c3cc(C)cc(C)c32)CC1. The minimum absolute atomic E-state index is 0.119. The number of aryl methyl sites for hydroxylation is 3. The van der Waals surface area contributed by atoms with E-state index in [1.807, 2.05) is 13.8 Å². The summed E-state index contributed by atoms with van der Waals surface area (Å²) in [5.74, 6) is 0.890. The Morgan fingerprint density at radius 3 is 2.13 bits per heavy atom. The zero-order chi connectivity index (χ0) is 32.7. The largest absolute Gasteiger partial charge is 0.416 e. The Morgan fingerprint density at radius 2 is 1.58 bits per heavy atom. The van der Waals surface area contributed by atoms with E-state index in [9.17, 15) is 31.1 Å². The van der Waals surface area contributed by atoms with Gasteiger partial charge in [-0.05, 0) is 105 Å². The Hall–Kier alpha value is -3.64. The summed E-state index contributed by atoms with van der Waals surface area (Å²) < 4.78 is 82.5. The number of hydrogen-bond acceptors (Lipinski definition) is 6. The molecule has 45 heavy (non-hydrogen) atoms. The van der Waals surface area contributed by atoms with E-state index in [0.717, 1.165) is 79.7 Å². The number of benzene rings is 2. The van der Waals surface area contributed by atoms with Crippen molar-refractivity contribution in [3.8, 4) is 0 Å². The molecule has 0 bridgehead atoms. The minimum Gasteiger partial charge on any atom is -0.371 e. The first-order valence-electron chi connectivity index (χ1n) is 15.3. The molecule has 5 rings (SSSR count). The van der Waals surface area contributed by atoms with Crippen molar-refractivity contribution in [1.29, 1.82) is 0 Å². The van der Waals surface area contributed by atoms with E-state index >= 15 is 0 Å². The Bertz CT molecular complexity index is 1490. The maximum atomic E-state index is 13.7. The van der Waals surface area contributed by atoms with Crippen LogP contribution in [0.5, 0.6) is 0 Å². The molecule has 1 aliphatic carbocycles. The summed E-state index contributed by atoms with van der Waals surface area (Å²) in [7, 11) is 1.55. The highest BCUT2D eigenvalue weighted by Crippen LogP contribution is 2.43. The Kier molecular flexibility index (Phi) is 9.19. The number of tetrazole rings is 1. The molecule has 0 amide bonds. The van der Waals surface area contributed by atoms with Crippen LogP contribution in [0.1, 0.15) is 84.9 Å². The smallest absolute Gasteiger partial charge is 0.371 e. The number of rotatable bonds is 7. The van der Waals surface area contributed by atoms with Crippen molar-refractivity contribution >= 4 is 17.4 Å². The summed E-state index contributed by atoms with van der Waals surface area (Å²) in [5, 5.41) is 12.4. The van der Waals surface area contributed by atoms with Crippen LogP contribution in [0.4, 0.5) is 38.0 Å². The van der Waals surface area contributed by atoms with Crippen LogP contribution < -0.4 is 9.80 Å². The van der Waals surface area contributed by atoms with E-state index in [1.54, 1.807) is 18.9 Å². The Labute approximate surface area is 258 Å². The predicted octanol–water partition coefficient (Wildman–Crippen LogP) is 7.61. The van der Waals surface area contributed by atoms with Gasteiger partial charge in [-0.3, -0.25) is 4.79 Å². The molecule has 0 saturated heterocycles. The molecule has 0 N–H and O–H groups in total. The van der Waals surface area contributed by atoms with Crippen molar-refractivity contribution in [3.63, 3.8) is 0 Å². The van der Waals surface area contributed by atoms with Gasteiger partial charge in [-0.1, -0.05) is 22.8 Å². The highest BCUT2D eigenvalue weighted by Gasteiger charge is 2.38. The van der Waals surface area contributed by atoms with Gasteiger partial charge in [0.15, 0.2) is 0 Å². The molecule has 244 valence electrons. The molecule has 1 aromatic heterocycles. The summed E-state index contributed by atoms with van der Waals surface area (Å²) in [4.78, 5) is 17.2. The lowest BCUT2D eigenvalue weighted by atomic mass is 9.80. The minimum atomic E-state index is -4.96. The third-order valence-electron chi connectivity index (χ3n) is 9.09. The van der Waals surface area contributed by atoms with Gasteiger partial charge in [0.2, 0.25) is 0 Å². The standard InChI is InChI=1S/C32H38F6N6O/c1-19-12-20(2)29-27(13-19)28(6-5-11-43(29)17-22-7-9-24(10-8-22)21(3)45)44(30-39-41-42(4)40-30)18-23-14-25(31(33,34)35)16-26(15-23)32(36,37)38/h12-16,22,24,28H,5-11,17-18H2,1-4H3/t22?,24?,28-/m0/s1. The number of carbonyl (C=O) groups is 1. The summed E-state index contributed by atoms with van der Waals surface area (Å²) in [6.07, 6.45) is -4.95. The van der Waals surface area contributed by atoms with Gasteiger partial charge in [0.1, 0.15) is 5.78 Å². The quantitative estimate of drug-likeness (QED) is 0.249. The zero-order valence-corrected chi connectivity index (χ0v) is 25.8. The highest BCUT2D eigenvalue weighted by molar-refractivity contribution is 5.78. The number of nitrogens with zero attached hydrogens (tertiary/aromatic N) is 6. The Morgan fingerprint density at radius 1 is 0.933 bits per heavy atom. The van der Waals surface area contributed by atoms with E-state index in [0.29, 0.717) is 12.3 Å². The molecular weight excluding hydrogens is 598 g/mol. The van der Waals surface area contributed by atoms with Crippen LogP contribution in [-0.2, 0) is 30.7 Å². The predicted molar refractivity (Wildman–Crippen MR) is 158 cm³/mol. The highest BCUT2D eigenvalue weighted by atomic mass is 19.4. The van der Waals surface area contributed by atoms with Gasteiger partial charge in [-0.2, -0.15) is 31.1 Å². The number of fused-ring (bicyclic) bond motifs is 1. The first kappa shape index (κ1) is 32.7. The molecular formula is C32H38F6N6O. The average Bonchev–Trinajstić information content (AvgIpc) is 3.30.